The highest BCUT2D eigenvalue weighted by Gasteiger charge is 2.28. The van der Waals surface area contributed by atoms with Gasteiger partial charge in [-0.2, -0.15) is 0 Å². The van der Waals surface area contributed by atoms with Gasteiger partial charge in [-0.1, -0.05) is 12.2 Å². The van der Waals surface area contributed by atoms with Crippen molar-refractivity contribution < 1.29 is 4.74 Å². The van der Waals surface area contributed by atoms with E-state index in [2.05, 4.69) is 9.97 Å². The highest BCUT2D eigenvalue weighted by atomic mass is 32.1. The maximum absolute atomic E-state index is 11.7. The Labute approximate surface area is 116 Å². The molecule has 3 rings (SSSR count). The predicted octanol–water partition coefficient (Wildman–Crippen LogP) is 0.139. The van der Waals surface area contributed by atoms with Crippen LogP contribution in [0.15, 0.2) is 10.9 Å². The van der Waals surface area contributed by atoms with Crippen LogP contribution in [-0.4, -0.2) is 40.8 Å². The van der Waals surface area contributed by atoms with E-state index in [9.17, 15) is 4.79 Å². The Morgan fingerprint density at radius 2 is 2.37 bits per heavy atom. The van der Waals surface area contributed by atoms with Crippen LogP contribution in [0.1, 0.15) is 24.6 Å². The van der Waals surface area contributed by atoms with Crippen LogP contribution in [0.3, 0.4) is 0 Å². The molecule has 2 heterocycles. The van der Waals surface area contributed by atoms with Crippen molar-refractivity contribution in [1.29, 1.82) is 0 Å². The molecule has 1 aromatic heterocycles. The van der Waals surface area contributed by atoms with Crippen molar-refractivity contribution in [2.24, 2.45) is 5.73 Å². The monoisotopic (exact) mass is 280 g/mol. The number of aromatic nitrogens is 2. The summed E-state index contributed by atoms with van der Waals surface area (Å²) in [4.78, 5) is 21.4. The lowest BCUT2D eigenvalue weighted by Crippen LogP contribution is -2.48. The number of rotatable bonds is 3. The van der Waals surface area contributed by atoms with Gasteiger partial charge in [0.1, 0.15) is 22.7 Å². The number of anilines is 1. The smallest absolute Gasteiger partial charge is 0.252 e. The largest absolute Gasteiger partial charge is 0.391 e. The lowest BCUT2D eigenvalue weighted by atomic mass is 10.2. The van der Waals surface area contributed by atoms with E-state index in [1.54, 1.807) is 0 Å². The zero-order valence-electron chi connectivity index (χ0n) is 10.5. The van der Waals surface area contributed by atoms with Gasteiger partial charge in [-0.05, 0) is 12.8 Å². The van der Waals surface area contributed by atoms with Gasteiger partial charge in [0.15, 0.2) is 0 Å². The van der Waals surface area contributed by atoms with E-state index >= 15 is 0 Å². The van der Waals surface area contributed by atoms with Gasteiger partial charge in [0.05, 0.1) is 13.2 Å². The molecule has 1 aliphatic heterocycles. The van der Waals surface area contributed by atoms with Crippen molar-refractivity contribution in [1.82, 2.24) is 9.97 Å². The van der Waals surface area contributed by atoms with Crippen LogP contribution in [-0.2, 0) is 4.74 Å². The van der Waals surface area contributed by atoms with Crippen LogP contribution in [0, 0.1) is 0 Å². The van der Waals surface area contributed by atoms with Crippen LogP contribution in [0.25, 0.3) is 0 Å². The Morgan fingerprint density at radius 3 is 3.05 bits per heavy atom. The molecule has 3 N–H and O–H groups in total. The molecule has 1 aliphatic carbocycles. The van der Waals surface area contributed by atoms with Gasteiger partial charge in [-0.15, -0.1) is 0 Å². The predicted molar refractivity (Wildman–Crippen MR) is 75.6 cm³/mol. The quantitative estimate of drug-likeness (QED) is 0.766. The fourth-order valence-corrected chi connectivity index (χ4v) is 2.35. The van der Waals surface area contributed by atoms with Crippen LogP contribution >= 0.6 is 12.2 Å². The molecule has 6 nitrogen and oxygen atoms in total. The summed E-state index contributed by atoms with van der Waals surface area (Å²) in [6, 6.07) is 1.52. The summed E-state index contributed by atoms with van der Waals surface area (Å²) in [5.41, 5.74) is 5.51. The van der Waals surface area contributed by atoms with Crippen LogP contribution in [0.5, 0.6) is 0 Å². The highest BCUT2D eigenvalue weighted by molar-refractivity contribution is 7.80. The first-order chi connectivity index (χ1) is 9.13. The fourth-order valence-electron chi connectivity index (χ4n) is 2.20. The summed E-state index contributed by atoms with van der Waals surface area (Å²) in [6.45, 7) is 1.78. The van der Waals surface area contributed by atoms with E-state index in [1.165, 1.54) is 6.07 Å². The Bertz CT molecular complexity index is 555. The van der Waals surface area contributed by atoms with Crippen molar-refractivity contribution in [3.8, 4) is 0 Å². The molecular weight excluding hydrogens is 264 g/mol. The molecule has 1 atom stereocenters. The SMILES string of the molecule is NC(=S)C1CN(c2cc(=O)[nH]c(C3CC3)n2)CCO1. The molecule has 1 aromatic rings. The number of thiocarbonyl (C=S) groups is 1. The Hall–Kier alpha value is -1.47. The third-order valence-electron chi connectivity index (χ3n) is 3.42. The molecule has 0 bridgehead atoms. The minimum absolute atomic E-state index is 0.106. The molecule has 1 saturated heterocycles. The number of nitrogens with one attached hydrogen (secondary N) is 1. The number of H-pyrrole nitrogens is 1. The van der Waals surface area contributed by atoms with E-state index in [-0.39, 0.29) is 11.7 Å². The summed E-state index contributed by atoms with van der Waals surface area (Å²) >= 11 is 4.96. The van der Waals surface area contributed by atoms with Crippen molar-refractivity contribution in [2.75, 3.05) is 24.6 Å². The van der Waals surface area contributed by atoms with Crippen molar-refractivity contribution in [3.05, 3.63) is 22.2 Å². The summed E-state index contributed by atoms with van der Waals surface area (Å²) in [5.74, 6) is 1.90. The summed E-state index contributed by atoms with van der Waals surface area (Å²) in [7, 11) is 0. The Balaban J connectivity index is 1.84. The lowest BCUT2D eigenvalue weighted by molar-refractivity contribution is 0.0844. The Morgan fingerprint density at radius 1 is 1.58 bits per heavy atom. The molecule has 0 aromatic carbocycles. The van der Waals surface area contributed by atoms with Crippen molar-refractivity contribution >= 4 is 23.0 Å². The van der Waals surface area contributed by atoms with Gasteiger partial charge < -0.3 is 20.4 Å². The number of aromatic amines is 1. The molecule has 0 radical (unpaired) electrons. The van der Waals surface area contributed by atoms with Gasteiger partial charge in [0.25, 0.3) is 5.56 Å². The molecule has 19 heavy (non-hydrogen) atoms. The third kappa shape index (κ3) is 2.76. The van der Waals surface area contributed by atoms with Gasteiger partial charge in [0, 0.05) is 18.5 Å². The summed E-state index contributed by atoms with van der Waals surface area (Å²) in [6.07, 6.45) is 1.94. The summed E-state index contributed by atoms with van der Waals surface area (Å²) in [5, 5.41) is 0. The second-order valence-corrected chi connectivity index (χ2v) is 5.44. The molecule has 1 saturated carbocycles. The number of hydrogen-bond donors (Lipinski definition) is 2. The van der Waals surface area contributed by atoms with E-state index in [4.69, 9.17) is 22.7 Å². The molecule has 1 unspecified atom stereocenters. The second-order valence-electron chi connectivity index (χ2n) is 4.97. The van der Waals surface area contributed by atoms with E-state index < -0.39 is 0 Å². The standard InChI is InChI=1S/C12H16N4O2S/c13-11(19)8-6-16(3-4-18-8)9-5-10(17)15-12(14-9)7-1-2-7/h5,7-8H,1-4,6H2,(H2,13,19)(H,14,15,17). The van der Waals surface area contributed by atoms with Crippen LogP contribution in [0.2, 0.25) is 0 Å². The number of nitrogens with two attached hydrogens (primary N) is 1. The van der Waals surface area contributed by atoms with Gasteiger partial charge in [-0.3, -0.25) is 4.79 Å². The van der Waals surface area contributed by atoms with Gasteiger partial charge in [-0.25, -0.2) is 4.98 Å². The van der Waals surface area contributed by atoms with E-state index in [1.807, 2.05) is 4.90 Å². The highest BCUT2D eigenvalue weighted by Crippen LogP contribution is 2.37. The van der Waals surface area contributed by atoms with Crippen molar-refractivity contribution in [2.45, 2.75) is 24.9 Å². The first kappa shape index (κ1) is 12.6. The normalized spacial score (nSPS) is 23.4. The minimum Gasteiger partial charge on any atom is -0.391 e. The molecule has 102 valence electrons. The third-order valence-corrected chi connectivity index (χ3v) is 3.68. The van der Waals surface area contributed by atoms with Crippen molar-refractivity contribution in [3.63, 3.8) is 0 Å². The van der Waals surface area contributed by atoms with E-state index in [0.717, 1.165) is 18.7 Å². The first-order valence-electron chi connectivity index (χ1n) is 6.40. The maximum Gasteiger partial charge on any atom is 0.252 e. The molecule has 7 heteroatoms. The van der Waals surface area contributed by atoms with Gasteiger partial charge >= 0.3 is 0 Å². The zero-order valence-corrected chi connectivity index (χ0v) is 11.3. The fraction of sp³-hybridized carbons (Fsp3) is 0.583. The maximum atomic E-state index is 11.7. The summed E-state index contributed by atoms with van der Waals surface area (Å²) < 4.78 is 5.49. The second kappa shape index (κ2) is 4.90. The van der Waals surface area contributed by atoms with Crippen LogP contribution in [0.4, 0.5) is 5.82 Å². The van der Waals surface area contributed by atoms with Gasteiger partial charge in [0.2, 0.25) is 0 Å². The molecular formula is C12H16N4O2S. The molecule has 2 fully saturated rings. The number of hydrogen-bond acceptors (Lipinski definition) is 5. The lowest BCUT2D eigenvalue weighted by Gasteiger charge is -2.33. The van der Waals surface area contributed by atoms with Crippen LogP contribution < -0.4 is 16.2 Å². The molecule has 2 aliphatic rings. The number of nitrogens with zero attached hydrogens (tertiary/aromatic N) is 2. The van der Waals surface area contributed by atoms with E-state index in [0.29, 0.717) is 36.4 Å². The molecule has 0 amide bonds. The topological polar surface area (TPSA) is 84.2 Å². The number of morpholine rings is 1. The average Bonchev–Trinajstić information content (AvgIpc) is 3.22. The minimum atomic E-state index is -0.269. The first-order valence-corrected chi connectivity index (χ1v) is 6.81. The average molecular weight is 280 g/mol. The zero-order chi connectivity index (χ0) is 13.4. The number of ether oxygens (including phenoxy) is 1. The molecule has 0 spiro atoms. The Kier molecular flexibility index (Phi) is 3.24.